The van der Waals surface area contributed by atoms with Crippen LogP contribution in [-0.4, -0.2) is 35.4 Å². The van der Waals surface area contributed by atoms with E-state index < -0.39 is 0 Å². The Labute approximate surface area is 164 Å². The van der Waals surface area contributed by atoms with Gasteiger partial charge in [0.05, 0.1) is 0 Å². The van der Waals surface area contributed by atoms with Crippen molar-refractivity contribution in [1.29, 1.82) is 0 Å². The molecule has 3 aromatic rings. The van der Waals surface area contributed by atoms with Crippen molar-refractivity contribution in [2.24, 2.45) is 0 Å². The summed E-state index contributed by atoms with van der Waals surface area (Å²) in [6, 6.07) is 20.1. The first kappa shape index (κ1) is 18.1. The van der Waals surface area contributed by atoms with Gasteiger partial charge in [-0.1, -0.05) is 42.5 Å². The van der Waals surface area contributed by atoms with Crippen molar-refractivity contribution in [3.8, 4) is 0 Å². The van der Waals surface area contributed by atoms with Gasteiger partial charge in [-0.25, -0.2) is 0 Å². The van der Waals surface area contributed by atoms with Gasteiger partial charge in [0.1, 0.15) is 0 Å². The zero-order valence-corrected chi connectivity index (χ0v) is 16.4. The molecule has 3 nitrogen and oxygen atoms in total. The molecular weight excluding hydrogens is 352 g/mol. The highest BCUT2D eigenvalue weighted by Gasteiger charge is 2.14. The standard InChI is InChI=1S/C23H24N2OS/c1-17-21(16-25-11-13-27-14-12-25)7-4-8-22(17)24-23(26)20-10-9-18-5-2-3-6-19(18)15-20/h2-10,15H,11-14,16H2,1H3,(H,24,26). The number of amides is 1. The highest BCUT2D eigenvalue weighted by Crippen LogP contribution is 2.23. The van der Waals surface area contributed by atoms with E-state index in [-0.39, 0.29) is 5.91 Å². The molecule has 1 heterocycles. The Kier molecular flexibility index (Phi) is 5.46. The quantitative estimate of drug-likeness (QED) is 0.699. The maximum atomic E-state index is 12.8. The van der Waals surface area contributed by atoms with E-state index in [0.717, 1.165) is 41.7 Å². The minimum atomic E-state index is -0.0598. The smallest absolute Gasteiger partial charge is 0.255 e. The predicted molar refractivity (Wildman–Crippen MR) is 116 cm³/mol. The van der Waals surface area contributed by atoms with Crippen LogP contribution in [0, 0.1) is 6.92 Å². The molecule has 0 saturated carbocycles. The fourth-order valence-corrected chi connectivity index (χ4v) is 4.49. The van der Waals surface area contributed by atoms with Crippen LogP contribution in [0.1, 0.15) is 21.5 Å². The summed E-state index contributed by atoms with van der Waals surface area (Å²) >= 11 is 2.02. The van der Waals surface area contributed by atoms with Crippen molar-refractivity contribution in [1.82, 2.24) is 4.90 Å². The summed E-state index contributed by atoms with van der Waals surface area (Å²) in [5.41, 5.74) is 4.03. The van der Waals surface area contributed by atoms with Crippen molar-refractivity contribution < 1.29 is 4.79 Å². The minimum Gasteiger partial charge on any atom is -0.322 e. The first-order chi connectivity index (χ1) is 13.2. The zero-order valence-electron chi connectivity index (χ0n) is 15.6. The van der Waals surface area contributed by atoms with E-state index in [0.29, 0.717) is 5.56 Å². The molecule has 1 aliphatic heterocycles. The molecule has 3 aromatic carbocycles. The largest absolute Gasteiger partial charge is 0.322 e. The number of nitrogens with one attached hydrogen (secondary N) is 1. The summed E-state index contributed by atoms with van der Waals surface area (Å²) < 4.78 is 0. The lowest BCUT2D eigenvalue weighted by molar-refractivity contribution is 0.102. The van der Waals surface area contributed by atoms with Gasteiger partial charge < -0.3 is 5.32 Å². The highest BCUT2D eigenvalue weighted by atomic mass is 32.2. The third-order valence-electron chi connectivity index (χ3n) is 5.20. The molecule has 0 aromatic heterocycles. The molecule has 0 spiro atoms. The van der Waals surface area contributed by atoms with Gasteiger partial charge in [-0.2, -0.15) is 11.8 Å². The molecule has 1 amide bonds. The van der Waals surface area contributed by atoms with Crippen molar-refractivity contribution >= 4 is 34.1 Å². The second-order valence-electron chi connectivity index (χ2n) is 6.99. The van der Waals surface area contributed by atoms with E-state index in [1.807, 2.05) is 60.3 Å². The molecule has 1 saturated heterocycles. The Morgan fingerprint density at radius 1 is 1.00 bits per heavy atom. The third kappa shape index (κ3) is 4.18. The van der Waals surface area contributed by atoms with E-state index in [9.17, 15) is 4.79 Å². The van der Waals surface area contributed by atoms with E-state index in [1.165, 1.54) is 17.1 Å². The average molecular weight is 377 g/mol. The third-order valence-corrected chi connectivity index (χ3v) is 6.15. The molecule has 1 aliphatic rings. The number of hydrogen-bond donors (Lipinski definition) is 1. The van der Waals surface area contributed by atoms with Gasteiger partial charge in [-0.3, -0.25) is 9.69 Å². The monoisotopic (exact) mass is 376 g/mol. The maximum Gasteiger partial charge on any atom is 0.255 e. The number of carbonyl (C=O) groups is 1. The van der Waals surface area contributed by atoms with Crippen molar-refractivity contribution in [2.75, 3.05) is 29.9 Å². The fraction of sp³-hybridized carbons (Fsp3) is 0.261. The normalized spacial score (nSPS) is 15.0. The number of carbonyl (C=O) groups excluding carboxylic acids is 1. The topological polar surface area (TPSA) is 32.3 Å². The van der Waals surface area contributed by atoms with Crippen LogP contribution in [0.5, 0.6) is 0 Å². The fourth-order valence-electron chi connectivity index (χ4n) is 3.52. The average Bonchev–Trinajstić information content (AvgIpc) is 2.71. The molecule has 0 atom stereocenters. The Balaban J connectivity index is 1.52. The van der Waals surface area contributed by atoms with Crippen LogP contribution >= 0.6 is 11.8 Å². The van der Waals surface area contributed by atoms with E-state index >= 15 is 0 Å². The number of fused-ring (bicyclic) bond motifs is 1. The first-order valence-corrected chi connectivity index (χ1v) is 10.5. The molecule has 0 unspecified atom stereocenters. The summed E-state index contributed by atoms with van der Waals surface area (Å²) in [7, 11) is 0. The van der Waals surface area contributed by atoms with Crippen LogP contribution < -0.4 is 5.32 Å². The van der Waals surface area contributed by atoms with Crippen molar-refractivity contribution in [3.63, 3.8) is 0 Å². The maximum absolute atomic E-state index is 12.8. The van der Waals surface area contributed by atoms with Gasteiger partial charge in [0.25, 0.3) is 5.91 Å². The number of rotatable bonds is 4. The molecule has 1 N–H and O–H groups in total. The Morgan fingerprint density at radius 3 is 2.59 bits per heavy atom. The second-order valence-corrected chi connectivity index (χ2v) is 8.22. The SMILES string of the molecule is Cc1c(CN2CCSCC2)cccc1NC(=O)c1ccc2ccccc2c1. The predicted octanol–water partition coefficient (Wildman–Crippen LogP) is 4.95. The molecule has 4 rings (SSSR count). The lowest BCUT2D eigenvalue weighted by Crippen LogP contribution is -2.32. The van der Waals surface area contributed by atoms with Crippen LogP contribution in [0.3, 0.4) is 0 Å². The highest BCUT2D eigenvalue weighted by molar-refractivity contribution is 7.99. The van der Waals surface area contributed by atoms with Gasteiger partial charge in [0.2, 0.25) is 0 Å². The summed E-state index contributed by atoms with van der Waals surface area (Å²) in [5.74, 6) is 2.35. The lowest BCUT2D eigenvalue weighted by Gasteiger charge is -2.27. The zero-order chi connectivity index (χ0) is 18.6. The second kappa shape index (κ2) is 8.15. The summed E-state index contributed by atoms with van der Waals surface area (Å²) in [6.07, 6.45) is 0. The van der Waals surface area contributed by atoms with Gasteiger partial charge in [-0.05, 0) is 47.0 Å². The lowest BCUT2D eigenvalue weighted by atomic mass is 10.0. The number of thioether (sulfide) groups is 1. The van der Waals surface area contributed by atoms with Crippen LogP contribution in [-0.2, 0) is 6.54 Å². The van der Waals surface area contributed by atoms with Crippen LogP contribution in [0.15, 0.2) is 60.7 Å². The Bertz CT molecular complexity index is 964. The van der Waals surface area contributed by atoms with Crippen LogP contribution in [0.2, 0.25) is 0 Å². The molecule has 1 fully saturated rings. The molecule has 0 radical (unpaired) electrons. The molecule has 27 heavy (non-hydrogen) atoms. The van der Waals surface area contributed by atoms with Crippen LogP contribution in [0.4, 0.5) is 5.69 Å². The Morgan fingerprint density at radius 2 is 1.78 bits per heavy atom. The first-order valence-electron chi connectivity index (χ1n) is 9.39. The molecular formula is C23H24N2OS. The molecule has 4 heteroatoms. The Hall–Kier alpha value is -2.30. The van der Waals surface area contributed by atoms with E-state index in [1.54, 1.807) is 0 Å². The number of nitrogens with zero attached hydrogens (tertiary/aromatic N) is 1. The van der Waals surface area contributed by atoms with Crippen molar-refractivity contribution in [2.45, 2.75) is 13.5 Å². The minimum absolute atomic E-state index is 0.0598. The van der Waals surface area contributed by atoms with Gasteiger partial charge in [-0.15, -0.1) is 0 Å². The summed E-state index contributed by atoms with van der Waals surface area (Å²) in [4.78, 5) is 15.3. The summed E-state index contributed by atoms with van der Waals surface area (Å²) in [5, 5.41) is 5.33. The van der Waals surface area contributed by atoms with Crippen molar-refractivity contribution in [3.05, 3.63) is 77.4 Å². The molecule has 138 valence electrons. The summed E-state index contributed by atoms with van der Waals surface area (Å²) in [6.45, 7) is 5.33. The van der Waals surface area contributed by atoms with Gasteiger partial charge >= 0.3 is 0 Å². The van der Waals surface area contributed by atoms with E-state index in [2.05, 4.69) is 29.3 Å². The van der Waals surface area contributed by atoms with Crippen LogP contribution in [0.25, 0.3) is 10.8 Å². The number of hydrogen-bond acceptors (Lipinski definition) is 3. The van der Waals surface area contributed by atoms with E-state index in [4.69, 9.17) is 0 Å². The van der Waals surface area contributed by atoms with Gasteiger partial charge in [0.15, 0.2) is 0 Å². The molecule has 0 bridgehead atoms. The van der Waals surface area contributed by atoms with Gasteiger partial charge in [0, 0.05) is 42.4 Å². The number of benzene rings is 3. The number of anilines is 1. The molecule has 0 aliphatic carbocycles.